The SMILES string of the molecule is NS(=O)(=O)c1ccccc1NC(=O)c1ccc(C#Cc2cccc(C(F)(F)F)c2)cc1. The predicted molar refractivity (Wildman–Crippen MR) is 110 cm³/mol. The van der Waals surface area contributed by atoms with Crippen LogP contribution in [0.15, 0.2) is 77.7 Å². The van der Waals surface area contributed by atoms with Crippen molar-refractivity contribution in [2.45, 2.75) is 11.1 Å². The van der Waals surface area contributed by atoms with Crippen LogP contribution in [0.3, 0.4) is 0 Å². The molecule has 3 rings (SSSR count). The number of nitrogens with one attached hydrogen (secondary N) is 1. The molecule has 9 heteroatoms. The van der Waals surface area contributed by atoms with Gasteiger partial charge in [0.25, 0.3) is 5.91 Å². The Hall–Kier alpha value is -3.61. The Bertz CT molecular complexity index is 1290. The second-order valence-electron chi connectivity index (χ2n) is 6.40. The Kier molecular flexibility index (Phi) is 6.15. The molecule has 0 radical (unpaired) electrons. The van der Waals surface area contributed by atoms with E-state index in [2.05, 4.69) is 17.2 Å². The van der Waals surface area contributed by atoms with Crippen molar-refractivity contribution >= 4 is 21.6 Å². The lowest BCUT2D eigenvalue weighted by Gasteiger charge is -2.09. The van der Waals surface area contributed by atoms with Crippen molar-refractivity contribution in [2.24, 2.45) is 5.14 Å². The molecule has 0 aliphatic heterocycles. The van der Waals surface area contributed by atoms with E-state index in [-0.39, 0.29) is 21.7 Å². The monoisotopic (exact) mass is 444 g/mol. The van der Waals surface area contributed by atoms with E-state index in [0.29, 0.717) is 5.56 Å². The number of sulfonamides is 1. The summed E-state index contributed by atoms with van der Waals surface area (Å²) in [4.78, 5) is 12.2. The van der Waals surface area contributed by atoms with Gasteiger partial charge in [0.05, 0.1) is 11.3 Å². The number of alkyl halides is 3. The standard InChI is InChI=1S/C22H15F3N2O3S/c23-22(24,25)18-5-3-4-16(14-18)9-8-15-10-12-17(13-11-15)21(28)27-19-6-1-2-7-20(19)31(26,29)30/h1-7,10-14H,(H,27,28)(H2,26,29,30). The number of hydrogen-bond acceptors (Lipinski definition) is 3. The molecule has 0 unspecified atom stereocenters. The Labute approximate surface area is 176 Å². The van der Waals surface area contributed by atoms with Crippen LogP contribution in [0.5, 0.6) is 0 Å². The third-order valence-electron chi connectivity index (χ3n) is 4.13. The second kappa shape index (κ2) is 8.63. The summed E-state index contributed by atoms with van der Waals surface area (Å²) in [6, 6.07) is 16.4. The van der Waals surface area contributed by atoms with E-state index in [1.807, 2.05) is 0 Å². The molecular formula is C22H15F3N2O3S. The zero-order valence-corrected chi connectivity index (χ0v) is 16.6. The van der Waals surface area contributed by atoms with Gasteiger partial charge in [-0.15, -0.1) is 0 Å². The molecule has 0 spiro atoms. The highest BCUT2D eigenvalue weighted by Crippen LogP contribution is 2.29. The van der Waals surface area contributed by atoms with Gasteiger partial charge in [0.2, 0.25) is 10.0 Å². The summed E-state index contributed by atoms with van der Waals surface area (Å²) in [7, 11) is -4.02. The highest BCUT2D eigenvalue weighted by Gasteiger charge is 2.30. The summed E-state index contributed by atoms with van der Waals surface area (Å²) >= 11 is 0. The van der Waals surface area contributed by atoms with E-state index >= 15 is 0 Å². The summed E-state index contributed by atoms with van der Waals surface area (Å²) in [5.74, 6) is 4.83. The number of amides is 1. The number of carbonyl (C=O) groups is 1. The number of nitrogens with two attached hydrogens (primary N) is 1. The first-order valence-corrected chi connectivity index (χ1v) is 10.3. The molecule has 3 aromatic rings. The van der Waals surface area contributed by atoms with E-state index in [4.69, 9.17) is 5.14 Å². The first-order chi connectivity index (χ1) is 14.5. The Morgan fingerprint density at radius 3 is 2.16 bits per heavy atom. The van der Waals surface area contributed by atoms with Crippen LogP contribution in [0.4, 0.5) is 18.9 Å². The molecule has 0 heterocycles. The largest absolute Gasteiger partial charge is 0.416 e. The van der Waals surface area contributed by atoms with Crippen molar-refractivity contribution in [1.29, 1.82) is 0 Å². The predicted octanol–water partition coefficient (Wildman–Crippen LogP) is 4.00. The molecular weight excluding hydrogens is 429 g/mol. The van der Waals surface area contributed by atoms with Gasteiger partial charge in [-0.2, -0.15) is 13.2 Å². The molecule has 0 saturated carbocycles. The van der Waals surface area contributed by atoms with E-state index in [1.165, 1.54) is 54.6 Å². The summed E-state index contributed by atoms with van der Waals surface area (Å²) in [6.45, 7) is 0. The average molecular weight is 444 g/mol. The molecule has 0 aromatic heterocycles. The number of carbonyl (C=O) groups excluding carboxylic acids is 1. The molecule has 0 aliphatic rings. The Morgan fingerprint density at radius 2 is 1.52 bits per heavy atom. The van der Waals surface area contributed by atoms with E-state index in [9.17, 15) is 26.4 Å². The van der Waals surface area contributed by atoms with Gasteiger partial charge < -0.3 is 5.32 Å². The van der Waals surface area contributed by atoms with Gasteiger partial charge in [0.1, 0.15) is 4.90 Å². The minimum absolute atomic E-state index is 0.0448. The number of halogens is 3. The Balaban J connectivity index is 1.77. The third kappa shape index (κ3) is 5.72. The maximum atomic E-state index is 12.8. The molecule has 0 bridgehead atoms. The number of para-hydroxylation sites is 1. The molecule has 1 amide bonds. The highest BCUT2D eigenvalue weighted by molar-refractivity contribution is 7.89. The van der Waals surface area contributed by atoms with Crippen molar-refractivity contribution in [3.8, 4) is 11.8 Å². The maximum absolute atomic E-state index is 12.8. The van der Waals surface area contributed by atoms with Crippen LogP contribution in [0, 0.1) is 11.8 Å². The molecule has 3 N–H and O–H groups in total. The topological polar surface area (TPSA) is 89.3 Å². The summed E-state index contributed by atoms with van der Waals surface area (Å²) in [5.41, 5.74) is 0.179. The minimum atomic E-state index is -4.45. The summed E-state index contributed by atoms with van der Waals surface area (Å²) in [5, 5.41) is 7.64. The first-order valence-electron chi connectivity index (χ1n) is 8.76. The van der Waals surface area contributed by atoms with Gasteiger partial charge in [0, 0.05) is 16.7 Å². The lowest BCUT2D eigenvalue weighted by Crippen LogP contribution is -2.18. The lowest BCUT2D eigenvalue weighted by molar-refractivity contribution is -0.137. The fourth-order valence-corrected chi connectivity index (χ4v) is 3.33. The van der Waals surface area contributed by atoms with Gasteiger partial charge in [-0.25, -0.2) is 13.6 Å². The lowest BCUT2D eigenvalue weighted by atomic mass is 10.1. The van der Waals surface area contributed by atoms with Crippen molar-refractivity contribution in [3.05, 3.63) is 95.1 Å². The number of rotatable bonds is 3. The zero-order valence-electron chi connectivity index (χ0n) is 15.8. The quantitative estimate of drug-likeness (QED) is 0.599. The molecule has 0 saturated heterocycles. The van der Waals surface area contributed by atoms with Crippen molar-refractivity contribution in [2.75, 3.05) is 5.32 Å². The molecule has 5 nitrogen and oxygen atoms in total. The van der Waals surface area contributed by atoms with Gasteiger partial charge >= 0.3 is 6.18 Å². The number of benzene rings is 3. The van der Waals surface area contributed by atoms with Crippen molar-refractivity contribution < 1.29 is 26.4 Å². The van der Waals surface area contributed by atoms with Crippen LogP contribution >= 0.6 is 0 Å². The smallest absolute Gasteiger partial charge is 0.321 e. The van der Waals surface area contributed by atoms with Crippen molar-refractivity contribution in [3.63, 3.8) is 0 Å². The second-order valence-corrected chi connectivity index (χ2v) is 7.93. The van der Waals surface area contributed by atoms with Gasteiger partial charge in [-0.05, 0) is 54.6 Å². The molecule has 0 atom stereocenters. The van der Waals surface area contributed by atoms with Crippen LogP contribution in [0.2, 0.25) is 0 Å². The van der Waals surface area contributed by atoms with Crippen LogP contribution in [0.25, 0.3) is 0 Å². The normalized spacial score (nSPS) is 11.4. The molecule has 0 fully saturated rings. The Morgan fingerprint density at radius 1 is 0.871 bits per heavy atom. The van der Waals surface area contributed by atoms with Crippen LogP contribution in [0.1, 0.15) is 27.0 Å². The molecule has 158 valence electrons. The number of anilines is 1. The fourth-order valence-electron chi connectivity index (χ4n) is 2.64. The number of primary sulfonamides is 1. The van der Waals surface area contributed by atoms with E-state index in [0.717, 1.165) is 12.1 Å². The zero-order chi connectivity index (χ0) is 22.6. The van der Waals surface area contributed by atoms with Gasteiger partial charge in [-0.3, -0.25) is 4.79 Å². The van der Waals surface area contributed by atoms with Gasteiger partial charge in [0.15, 0.2) is 0 Å². The summed E-state index contributed by atoms with van der Waals surface area (Å²) in [6.07, 6.45) is -4.45. The number of hydrogen-bond donors (Lipinski definition) is 2. The molecule has 0 aliphatic carbocycles. The van der Waals surface area contributed by atoms with Gasteiger partial charge in [-0.1, -0.05) is 30.0 Å². The van der Waals surface area contributed by atoms with Crippen LogP contribution in [-0.4, -0.2) is 14.3 Å². The minimum Gasteiger partial charge on any atom is -0.321 e. The highest BCUT2D eigenvalue weighted by atomic mass is 32.2. The van der Waals surface area contributed by atoms with E-state index < -0.39 is 27.7 Å². The van der Waals surface area contributed by atoms with Crippen LogP contribution < -0.4 is 10.5 Å². The maximum Gasteiger partial charge on any atom is 0.416 e. The van der Waals surface area contributed by atoms with Crippen molar-refractivity contribution in [1.82, 2.24) is 0 Å². The molecule has 31 heavy (non-hydrogen) atoms. The first kappa shape index (κ1) is 22.1. The van der Waals surface area contributed by atoms with Crippen LogP contribution in [-0.2, 0) is 16.2 Å². The molecule has 3 aromatic carbocycles. The average Bonchev–Trinajstić information content (AvgIpc) is 2.72. The van der Waals surface area contributed by atoms with E-state index in [1.54, 1.807) is 6.07 Å². The summed E-state index contributed by atoms with van der Waals surface area (Å²) < 4.78 is 61.6. The fraction of sp³-hybridized carbons (Fsp3) is 0.0455. The third-order valence-corrected chi connectivity index (χ3v) is 5.10.